The molecule has 1 aliphatic rings. The minimum Gasteiger partial charge on any atom is -1.00 e. The van der Waals surface area contributed by atoms with Crippen LogP contribution in [0.5, 0.6) is 0 Å². The first-order valence-corrected chi connectivity index (χ1v) is 11.9. The van der Waals surface area contributed by atoms with Crippen LogP contribution in [0.3, 0.4) is 0 Å². The second kappa shape index (κ2) is 12.3. The van der Waals surface area contributed by atoms with Gasteiger partial charge in [-0.15, -0.1) is 0 Å². The number of rotatable bonds is 6. The molecule has 1 aromatic carbocycles. The van der Waals surface area contributed by atoms with Crippen LogP contribution in [-0.2, 0) is 20.4 Å². The maximum absolute atomic E-state index is 2.52. The molecular formula is C22H33Cl3SiTi. The van der Waals surface area contributed by atoms with Crippen LogP contribution in [-0.4, -0.2) is 9.52 Å². The van der Waals surface area contributed by atoms with Crippen molar-refractivity contribution < 1.29 is 57.7 Å². The van der Waals surface area contributed by atoms with Gasteiger partial charge < -0.3 is 37.2 Å². The maximum Gasteiger partial charge on any atom is -1.00 e. The van der Waals surface area contributed by atoms with Gasteiger partial charge in [0.05, 0.1) is 0 Å². The van der Waals surface area contributed by atoms with Crippen LogP contribution in [0.25, 0.3) is 0 Å². The zero-order valence-electron chi connectivity index (χ0n) is 17.8. The van der Waals surface area contributed by atoms with E-state index >= 15 is 0 Å². The smallest absolute Gasteiger partial charge is 1.00 e. The van der Waals surface area contributed by atoms with Crippen molar-refractivity contribution >= 4 is 14.7 Å². The Bertz CT molecular complexity index is 677. The molecule has 0 saturated carbocycles. The normalized spacial score (nSPS) is 20.5. The molecule has 2 atom stereocenters. The molecule has 0 N–H and O–H groups in total. The van der Waals surface area contributed by atoms with Gasteiger partial charge >= 0.3 is 164 Å². The van der Waals surface area contributed by atoms with Crippen molar-refractivity contribution in [1.29, 1.82) is 0 Å². The standard InChI is InChI=1S/C22H33Si.3ClH.Ti/c1-8-14(2)12-21-18(6)17(5)19(7)22(21)13-23-20-10-15(3)9-16(4)11-20;;;;/h9-11,14H,8,12-13,23H2,1-7H3;3*1H;/q;;;;+3/p-3. The number of benzene rings is 1. The maximum atomic E-state index is 2.52. The van der Waals surface area contributed by atoms with Crippen molar-refractivity contribution in [3.05, 3.63) is 51.6 Å². The molecule has 1 aromatic rings. The van der Waals surface area contributed by atoms with Gasteiger partial charge in [0, 0.05) is 0 Å². The fourth-order valence-electron chi connectivity index (χ4n) is 4.08. The molecule has 0 saturated heterocycles. The number of allylic oxidation sites excluding steroid dienone is 4. The van der Waals surface area contributed by atoms with Crippen LogP contribution < -0.4 is 42.4 Å². The monoisotopic (exact) mass is 478 g/mol. The Hall–Kier alpha value is 0.501. The molecule has 0 heterocycles. The Morgan fingerprint density at radius 1 is 0.926 bits per heavy atom. The van der Waals surface area contributed by atoms with Gasteiger partial charge in [0.15, 0.2) is 0 Å². The Morgan fingerprint density at radius 2 is 1.44 bits per heavy atom. The average Bonchev–Trinajstić information content (AvgIpc) is 2.68. The molecule has 27 heavy (non-hydrogen) atoms. The molecule has 0 amide bonds. The van der Waals surface area contributed by atoms with E-state index in [1.54, 1.807) is 27.5 Å². The third kappa shape index (κ3) is 6.76. The van der Waals surface area contributed by atoms with Gasteiger partial charge in [0.25, 0.3) is 0 Å². The Morgan fingerprint density at radius 3 is 1.93 bits per heavy atom. The first-order valence-electron chi connectivity index (χ1n) is 9.39. The molecule has 0 fully saturated rings. The predicted molar refractivity (Wildman–Crippen MR) is 107 cm³/mol. The van der Waals surface area contributed by atoms with E-state index in [2.05, 4.69) is 87.1 Å². The summed E-state index contributed by atoms with van der Waals surface area (Å²) in [7, 11) is -0.258. The summed E-state index contributed by atoms with van der Waals surface area (Å²) in [6.45, 7) is 16.3. The van der Waals surface area contributed by atoms with Crippen molar-refractivity contribution in [3.63, 3.8) is 0 Å². The first-order chi connectivity index (χ1) is 11.2. The second-order valence-electron chi connectivity index (χ2n) is 7.97. The van der Waals surface area contributed by atoms with Gasteiger partial charge in [-0.1, -0.05) is 0 Å². The summed E-state index contributed by atoms with van der Waals surface area (Å²) in [6, 6.07) is 8.51. The summed E-state index contributed by atoms with van der Waals surface area (Å²) in [5.74, 6) is 0.788. The van der Waals surface area contributed by atoms with Gasteiger partial charge in [0.1, 0.15) is 0 Å². The largest absolute Gasteiger partial charge is 1.00 e. The number of aryl methyl sites for hydroxylation is 2. The molecule has 0 aromatic heterocycles. The molecule has 2 rings (SSSR count). The topological polar surface area (TPSA) is 0 Å². The second-order valence-corrected chi connectivity index (χ2v) is 11.1. The first kappa shape index (κ1) is 29.7. The van der Waals surface area contributed by atoms with E-state index in [-0.39, 0.29) is 46.7 Å². The van der Waals surface area contributed by atoms with E-state index in [9.17, 15) is 0 Å². The van der Waals surface area contributed by atoms with Crippen molar-refractivity contribution in [2.24, 2.45) is 5.92 Å². The van der Waals surface area contributed by atoms with Gasteiger partial charge in [-0.25, -0.2) is 0 Å². The van der Waals surface area contributed by atoms with Crippen molar-refractivity contribution in [3.8, 4) is 0 Å². The molecule has 0 spiro atoms. The summed E-state index contributed by atoms with van der Waals surface area (Å²) in [5.41, 5.74) is 9.36. The number of hydrogen-bond acceptors (Lipinski definition) is 0. The van der Waals surface area contributed by atoms with Gasteiger partial charge in [0.2, 0.25) is 0 Å². The van der Waals surface area contributed by atoms with Crippen LogP contribution >= 0.6 is 0 Å². The summed E-state index contributed by atoms with van der Waals surface area (Å²) in [6.07, 6.45) is 2.55. The van der Waals surface area contributed by atoms with Crippen LogP contribution in [0.2, 0.25) is 9.76 Å². The van der Waals surface area contributed by atoms with Crippen LogP contribution in [0, 0.1) is 19.8 Å². The van der Waals surface area contributed by atoms with Crippen molar-refractivity contribution in [2.45, 2.75) is 71.1 Å². The quantitative estimate of drug-likeness (QED) is 0.369. The molecule has 2 unspecified atom stereocenters. The molecule has 5 heteroatoms. The Balaban J connectivity index is 0. The van der Waals surface area contributed by atoms with Gasteiger partial charge in [-0.3, -0.25) is 0 Å². The van der Waals surface area contributed by atoms with E-state index in [1.165, 1.54) is 30.0 Å². The SMILES string of the molecule is CCC(C)CC1=C(C)C(C)=C(C)[C]1([Ti+3])C[SiH2]c1cc(C)cc(C)c1.[Cl-].[Cl-].[Cl-]. The molecule has 0 aliphatic heterocycles. The fourth-order valence-corrected chi connectivity index (χ4v) is 7.68. The number of halogens is 3. The van der Waals surface area contributed by atoms with Crippen LogP contribution in [0.1, 0.15) is 58.6 Å². The third-order valence-electron chi connectivity index (χ3n) is 6.05. The van der Waals surface area contributed by atoms with Gasteiger partial charge in [-0.05, 0) is 0 Å². The molecular weight excluding hydrogens is 447 g/mol. The Kier molecular flexibility index (Phi) is 13.5. The van der Waals surface area contributed by atoms with E-state index < -0.39 is 0 Å². The average molecular weight is 480 g/mol. The fraction of sp³-hybridized carbons (Fsp3) is 0.545. The minimum absolute atomic E-state index is 0. The molecule has 150 valence electrons. The van der Waals surface area contributed by atoms with Crippen LogP contribution in [0.15, 0.2) is 40.5 Å². The Labute approximate surface area is 199 Å². The zero-order chi connectivity index (χ0) is 18.1. The number of hydrogen-bond donors (Lipinski definition) is 0. The van der Waals surface area contributed by atoms with E-state index in [0.717, 1.165) is 5.92 Å². The molecule has 0 nitrogen and oxygen atoms in total. The van der Waals surface area contributed by atoms with E-state index in [1.807, 2.05) is 0 Å². The van der Waals surface area contributed by atoms with Gasteiger partial charge in [-0.2, -0.15) is 0 Å². The molecule has 0 bridgehead atoms. The van der Waals surface area contributed by atoms with E-state index in [0.29, 0.717) is 3.72 Å². The van der Waals surface area contributed by atoms with Crippen molar-refractivity contribution in [1.82, 2.24) is 0 Å². The van der Waals surface area contributed by atoms with E-state index in [4.69, 9.17) is 0 Å². The summed E-state index contributed by atoms with van der Waals surface area (Å²) in [5, 5.41) is 1.63. The predicted octanol–water partition coefficient (Wildman–Crippen LogP) is -3.66. The van der Waals surface area contributed by atoms with Crippen LogP contribution in [0.4, 0.5) is 0 Å². The molecule has 0 radical (unpaired) electrons. The summed E-state index contributed by atoms with van der Waals surface area (Å²) < 4.78 is 0.307. The molecule has 1 aliphatic carbocycles. The minimum atomic E-state index is -0.258. The van der Waals surface area contributed by atoms with Crippen molar-refractivity contribution in [2.75, 3.05) is 0 Å². The summed E-state index contributed by atoms with van der Waals surface area (Å²) in [4.78, 5) is 0. The third-order valence-corrected chi connectivity index (χ3v) is 10.3. The zero-order valence-corrected chi connectivity index (χ0v) is 23.0. The summed E-state index contributed by atoms with van der Waals surface area (Å²) >= 11 is 2.52.